The fourth-order valence-electron chi connectivity index (χ4n) is 1.84. The predicted octanol–water partition coefficient (Wildman–Crippen LogP) is 3.37. The quantitative estimate of drug-likeness (QED) is 0.809. The highest BCUT2D eigenvalue weighted by atomic mass is 19.1. The first-order valence-corrected chi connectivity index (χ1v) is 5.99. The summed E-state index contributed by atoms with van der Waals surface area (Å²) < 4.78 is 12.7. The van der Waals surface area contributed by atoms with Gasteiger partial charge >= 0.3 is 0 Å². The summed E-state index contributed by atoms with van der Waals surface area (Å²) in [5.74, 6) is -0.200. The molecule has 0 radical (unpaired) electrons. The van der Waals surface area contributed by atoms with Crippen molar-refractivity contribution in [3.8, 4) is 0 Å². The topological polar surface area (TPSA) is 38.0 Å². The average molecular weight is 244 g/mol. The first-order chi connectivity index (χ1) is 8.65. The van der Waals surface area contributed by atoms with Crippen LogP contribution in [0, 0.1) is 12.7 Å². The Hall–Kier alpha value is -2.03. The van der Waals surface area contributed by atoms with Gasteiger partial charge in [0, 0.05) is 6.54 Å². The molecule has 3 N–H and O–H groups in total. The highest BCUT2D eigenvalue weighted by molar-refractivity contribution is 5.66. The van der Waals surface area contributed by atoms with E-state index in [1.54, 1.807) is 12.1 Å². The third-order valence-electron chi connectivity index (χ3n) is 2.85. The van der Waals surface area contributed by atoms with Crippen molar-refractivity contribution in [3.05, 3.63) is 59.4 Å². The van der Waals surface area contributed by atoms with Crippen molar-refractivity contribution in [1.82, 2.24) is 0 Å². The molecule has 0 aliphatic heterocycles. The summed E-state index contributed by atoms with van der Waals surface area (Å²) in [6, 6.07) is 12.5. The zero-order chi connectivity index (χ0) is 13.0. The van der Waals surface area contributed by atoms with Crippen LogP contribution in [0.3, 0.4) is 0 Å². The minimum atomic E-state index is -0.200. The van der Waals surface area contributed by atoms with E-state index in [9.17, 15) is 4.39 Å². The van der Waals surface area contributed by atoms with E-state index in [4.69, 9.17) is 5.73 Å². The zero-order valence-corrected chi connectivity index (χ0v) is 10.4. The highest BCUT2D eigenvalue weighted by Crippen LogP contribution is 2.19. The molecule has 2 nitrogen and oxygen atoms in total. The molecule has 2 aromatic carbocycles. The van der Waals surface area contributed by atoms with E-state index < -0.39 is 0 Å². The van der Waals surface area contributed by atoms with Gasteiger partial charge in [0.2, 0.25) is 0 Å². The largest absolute Gasteiger partial charge is 0.397 e. The van der Waals surface area contributed by atoms with Crippen LogP contribution in [0.5, 0.6) is 0 Å². The van der Waals surface area contributed by atoms with Crippen molar-refractivity contribution in [2.45, 2.75) is 13.3 Å². The van der Waals surface area contributed by atoms with Crippen LogP contribution < -0.4 is 11.1 Å². The highest BCUT2D eigenvalue weighted by Gasteiger charge is 1.99. The van der Waals surface area contributed by atoms with Gasteiger partial charge < -0.3 is 11.1 Å². The second-order valence-electron chi connectivity index (χ2n) is 4.39. The monoisotopic (exact) mass is 244 g/mol. The smallest absolute Gasteiger partial charge is 0.123 e. The van der Waals surface area contributed by atoms with Gasteiger partial charge in [0.15, 0.2) is 0 Å². The molecule has 0 aromatic heterocycles. The Morgan fingerprint density at radius 2 is 1.83 bits per heavy atom. The van der Waals surface area contributed by atoms with Crippen molar-refractivity contribution < 1.29 is 4.39 Å². The maximum absolute atomic E-state index is 12.7. The van der Waals surface area contributed by atoms with Gasteiger partial charge in [0.25, 0.3) is 0 Å². The van der Waals surface area contributed by atoms with Crippen molar-refractivity contribution in [1.29, 1.82) is 0 Å². The van der Waals surface area contributed by atoms with E-state index in [0.29, 0.717) is 0 Å². The maximum atomic E-state index is 12.7. The maximum Gasteiger partial charge on any atom is 0.123 e. The molecule has 0 amide bonds. The molecule has 0 unspecified atom stereocenters. The summed E-state index contributed by atoms with van der Waals surface area (Å²) in [5.41, 5.74) is 9.87. The minimum Gasteiger partial charge on any atom is -0.397 e. The number of rotatable bonds is 4. The average Bonchev–Trinajstić information content (AvgIpc) is 2.34. The van der Waals surface area contributed by atoms with Crippen LogP contribution in [0.25, 0.3) is 0 Å². The number of nitrogens with one attached hydrogen (secondary N) is 1. The van der Waals surface area contributed by atoms with Gasteiger partial charge in [-0.05, 0) is 48.7 Å². The van der Waals surface area contributed by atoms with E-state index in [-0.39, 0.29) is 5.82 Å². The fourth-order valence-corrected chi connectivity index (χ4v) is 1.84. The van der Waals surface area contributed by atoms with Gasteiger partial charge in [0.05, 0.1) is 11.4 Å². The summed E-state index contributed by atoms with van der Waals surface area (Å²) in [5, 5.41) is 3.28. The first-order valence-electron chi connectivity index (χ1n) is 5.99. The lowest BCUT2D eigenvalue weighted by atomic mass is 10.1. The summed E-state index contributed by atoms with van der Waals surface area (Å²) in [7, 11) is 0. The number of nitrogens with two attached hydrogens (primary N) is 1. The normalized spacial score (nSPS) is 10.3. The lowest BCUT2D eigenvalue weighted by molar-refractivity contribution is 0.627. The van der Waals surface area contributed by atoms with Gasteiger partial charge in [-0.1, -0.05) is 18.2 Å². The third-order valence-corrected chi connectivity index (χ3v) is 2.85. The van der Waals surface area contributed by atoms with Gasteiger partial charge in [-0.15, -0.1) is 0 Å². The number of anilines is 2. The zero-order valence-electron chi connectivity index (χ0n) is 10.4. The molecule has 0 saturated carbocycles. The van der Waals surface area contributed by atoms with Crippen molar-refractivity contribution >= 4 is 11.4 Å². The lowest BCUT2D eigenvalue weighted by Crippen LogP contribution is -2.07. The van der Waals surface area contributed by atoms with Crippen LogP contribution in [-0.2, 0) is 6.42 Å². The second kappa shape index (κ2) is 5.54. The van der Waals surface area contributed by atoms with Crippen LogP contribution in [-0.4, -0.2) is 6.54 Å². The Bertz CT molecular complexity index is 521. The van der Waals surface area contributed by atoms with Gasteiger partial charge in [0.1, 0.15) is 5.82 Å². The minimum absolute atomic E-state index is 0.200. The number of hydrogen-bond acceptors (Lipinski definition) is 2. The molecular weight excluding hydrogens is 227 g/mol. The molecule has 3 heteroatoms. The summed E-state index contributed by atoms with van der Waals surface area (Å²) in [4.78, 5) is 0. The molecule has 0 atom stereocenters. The lowest BCUT2D eigenvalue weighted by Gasteiger charge is -2.10. The molecule has 0 aliphatic rings. The number of nitrogen functional groups attached to an aromatic ring is 1. The van der Waals surface area contributed by atoms with Crippen molar-refractivity contribution in [2.75, 3.05) is 17.6 Å². The molecule has 2 aromatic rings. The molecule has 2 rings (SSSR count). The first kappa shape index (κ1) is 12.4. The summed E-state index contributed by atoms with van der Waals surface area (Å²) in [6.07, 6.45) is 0.841. The molecule has 18 heavy (non-hydrogen) atoms. The third kappa shape index (κ3) is 3.23. The Labute approximate surface area is 107 Å². The van der Waals surface area contributed by atoms with Crippen molar-refractivity contribution in [3.63, 3.8) is 0 Å². The van der Waals surface area contributed by atoms with Gasteiger partial charge in [-0.3, -0.25) is 0 Å². The van der Waals surface area contributed by atoms with E-state index >= 15 is 0 Å². The number of halogens is 1. The molecule has 0 saturated heterocycles. The van der Waals surface area contributed by atoms with Crippen LogP contribution in [0.15, 0.2) is 42.5 Å². The van der Waals surface area contributed by atoms with Crippen LogP contribution >= 0.6 is 0 Å². The van der Waals surface area contributed by atoms with Gasteiger partial charge in [-0.25, -0.2) is 4.39 Å². The molecule has 0 fully saturated rings. The predicted molar refractivity (Wildman–Crippen MR) is 74.2 cm³/mol. The van der Waals surface area contributed by atoms with E-state index in [2.05, 4.69) is 5.32 Å². The van der Waals surface area contributed by atoms with E-state index in [1.807, 2.05) is 25.1 Å². The second-order valence-corrected chi connectivity index (χ2v) is 4.39. The molecule has 94 valence electrons. The van der Waals surface area contributed by atoms with Gasteiger partial charge in [-0.2, -0.15) is 0 Å². The summed E-state index contributed by atoms with van der Waals surface area (Å²) in [6.45, 7) is 2.79. The SMILES string of the molecule is Cc1ccc(NCCc2ccc(F)cc2)c(N)c1. The van der Waals surface area contributed by atoms with E-state index in [1.165, 1.54) is 12.1 Å². The Morgan fingerprint density at radius 3 is 2.50 bits per heavy atom. The Morgan fingerprint density at radius 1 is 1.11 bits per heavy atom. The standard InChI is InChI=1S/C15H17FN2/c1-11-2-7-15(14(17)10-11)18-9-8-12-3-5-13(16)6-4-12/h2-7,10,18H,8-9,17H2,1H3. The van der Waals surface area contributed by atoms with Crippen molar-refractivity contribution in [2.24, 2.45) is 0 Å². The van der Waals surface area contributed by atoms with E-state index in [0.717, 1.165) is 35.5 Å². The Balaban J connectivity index is 1.90. The molecule has 0 aliphatic carbocycles. The Kier molecular flexibility index (Phi) is 3.82. The number of hydrogen-bond donors (Lipinski definition) is 2. The number of aryl methyl sites for hydroxylation is 1. The molecule has 0 bridgehead atoms. The summed E-state index contributed by atoms with van der Waals surface area (Å²) >= 11 is 0. The fraction of sp³-hybridized carbons (Fsp3) is 0.200. The molecule has 0 heterocycles. The molecule has 0 spiro atoms. The van der Waals surface area contributed by atoms with Crippen LogP contribution in [0.2, 0.25) is 0 Å². The molecular formula is C15H17FN2. The van der Waals surface area contributed by atoms with Crippen LogP contribution in [0.4, 0.5) is 15.8 Å². The number of benzene rings is 2. The van der Waals surface area contributed by atoms with Crippen LogP contribution in [0.1, 0.15) is 11.1 Å².